The van der Waals surface area contributed by atoms with Crippen LogP contribution < -0.4 is 0 Å². The summed E-state index contributed by atoms with van der Waals surface area (Å²) >= 11 is 0. The monoisotopic (exact) mass is 587 g/mol. The Morgan fingerprint density at radius 3 is 2.02 bits per heavy atom. The molecule has 2 saturated heterocycles. The molecule has 2 aliphatic heterocycles. The van der Waals surface area contributed by atoms with Crippen LogP contribution in [0.4, 0.5) is 26.3 Å². The number of rotatable bonds is 8. The Bertz CT molecular complexity index is 970. The third-order valence-corrected chi connectivity index (χ3v) is 7.48. The maximum Gasteiger partial charge on any atom is 0.490 e. The Morgan fingerprint density at radius 2 is 1.55 bits per heavy atom. The van der Waals surface area contributed by atoms with Crippen molar-refractivity contribution in [2.45, 2.75) is 57.9 Å². The Morgan fingerprint density at radius 1 is 1.00 bits per heavy atom. The highest BCUT2D eigenvalue weighted by molar-refractivity contribution is 5.73. The molecule has 228 valence electrons. The van der Waals surface area contributed by atoms with Gasteiger partial charge in [-0.1, -0.05) is 5.16 Å². The third-order valence-electron chi connectivity index (χ3n) is 7.48. The average Bonchev–Trinajstić information content (AvgIpc) is 3.73. The van der Waals surface area contributed by atoms with Crippen LogP contribution in [-0.4, -0.2) is 95.4 Å². The van der Waals surface area contributed by atoms with E-state index in [1.807, 2.05) is 6.92 Å². The van der Waals surface area contributed by atoms with Gasteiger partial charge in [0.25, 0.3) is 0 Å². The van der Waals surface area contributed by atoms with E-state index in [4.69, 9.17) is 29.1 Å². The number of likely N-dealkylation sites (tertiary alicyclic amines) is 2. The van der Waals surface area contributed by atoms with E-state index in [0.29, 0.717) is 11.3 Å². The molecule has 2 atom stereocenters. The fraction of sp³-hybridized carbons (Fsp3) is 0.800. The molecule has 4 aliphatic rings. The summed E-state index contributed by atoms with van der Waals surface area (Å²) in [5.41, 5.74) is 1.51. The summed E-state index contributed by atoms with van der Waals surface area (Å²) in [6.07, 6.45) is -3.20. The second kappa shape index (κ2) is 13.1. The number of carbonyl (C=O) groups is 2. The first-order chi connectivity index (χ1) is 18.6. The standard InChI is InChI=1S/C21H33N3O2.2C2HF3O2/c1-16-8-20(22-26-16)11-23-7-6-21(14-23)15-24(9-17-2-3-17)10-19(21)13-25-12-18-4-5-18;2*3-2(4,5)1(6)7/h8,17-19H,2-7,9-15H2,1H3;2*(H,6,7)/t19-,21-;;/m0../s1. The fourth-order valence-electron chi connectivity index (χ4n) is 5.14. The molecule has 15 heteroatoms. The number of hydrogen-bond acceptors (Lipinski definition) is 7. The minimum absolute atomic E-state index is 0.428. The van der Waals surface area contributed by atoms with Crippen LogP contribution in [0.3, 0.4) is 0 Å². The van der Waals surface area contributed by atoms with Gasteiger partial charge in [-0.25, -0.2) is 9.59 Å². The minimum atomic E-state index is -5.08. The molecule has 0 radical (unpaired) electrons. The van der Waals surface area contributed by atoms with Gasteiger partial charge in [0, 0.05) is 56.7 Å². The molecule has 0 bridgehead atoms. The van der Waals surface area contributed by atoms with Crippen LogP contribution in [0.2, 0.25) is 0 Å². The summed E-state index contributed by atoms with van der Waals surface area (Å²) in [7, 11) is 0. The maximum atomic E-state index is 10.6. The molecule has 2 aliphatic carbocycles. The molecule has 2 saturated carbocycles. The summed E-state index contributed by atoms with van der Waals surface area (Å²) in [6.45, 7) is 11.1. The number of hydrogen-bond donors (Lipinski definition) is 2. The fourth-order valence-corrected chi connectivity index (χ4v) is 5.14. The number of aromatic nitrogens is 1. The molecule has 4 fully saturated rings. The predicted octanol–water partition coefficient (Wildman–Crippen LogP) is 4.21. The van der Waals surface area contributed by atoms with Crippen molar-refractivity contribution < 1.29 is 55.4 Å². The zero-order valence-electron chi connectivity index (χ0n) is 22.1. The number of aliphatic carboxylic acids is 2. The molecule has 1 spiro atoms. The van der Waals surface area contributed by atoms with Crippen molar-refractivity contribution in [2.75, 3.05) is 45.9 Å². The van der Waals surface area contributed by atoms with Crippen molar-refractivity contribution in [3.05, 3.63) is 17.5 Å². The molecule has 5 rings (SSSR count). The van der Waals surface area contributed by atoms with Crippen molar-refractivity contribution in [3.8, 4) is 0 Å². The van der Waals surface area contributed by atoms with Gasteiger partial charge in [-0.15, -0.1) is 0 Å². The highest BCUT2D eigenvalue weighted by atomic mass is 19.4. The molecular weight excluding hydrogens is 552 g/mol. The zero-order chi connectivity index (χ0) is 29.7. The third kappa shape index (κ3) is 10.2. The number of ether oxygens (including phenoxy) is 1. The lowest BCUT2D eigenvalue weighted by atomic mass is 9.77. The smallest absolute Gasteiger partial charge is 0.475 e. The number of carboxylic acids is 2. The Hall–Kier alpha value is -2.39. The van der Waals surface area contributed by atoms with Crippen LogP contribution in [0.5, 0.6) is 0 Å². The van der Waals surface area contributed by atoms with Crippen molar-refractivity contribution in [1.29, 1.82) is 0 Å². The Labute approximate surface area is 227 Å². The number of alkyl halides is 6. The normalized spacial score (nSPS) is 25.3. The predicted molar refractivity (Wildman–Crippen MR) is 127 cm³/mol. The maximum absolute atomic E-state index is 10.6. The second-order valence-electron chi connectivity index (χ2n) is 11.2. The summed E-state index contributed by atoms with van der Waals surface area (Å²) in [6, 6.07) is 2.08. The molecule has 0 aromatic carbocycles. The van der Waals surface area contributed by atoms with E-state index in [1.165, 1.54) is 64.8 Å². The molecule has 2 N–H and O–H groups in total. The van der Waals surface area contributed by atoms with Gasteiger partial charge in [0.15, 0.2) is 0 Å². The van der Waals surface area contributed by atoms with Crippen LogP contribution in [0.25, 0.3) is 0 Å². The van der Waals surface area contributed by atoms with Crippen molar-refractivity contribution in [3.63, 3.8) is 0 Å². The lowest BCUT2D eigenvalue weighted by Crippen LogP contribution is -2.36. The number of halogens is 6. The zero-order valence-corrected chi connectivity index (χ0v) is 22.1. The van der Waals surface area contributed by atoms with Crippen LogP contribution in [0.1, 0.15) is 43.6 Å². The van der Waals surface area contributed by atoms with Crippen LogP contribution in [0.15, 0.2) is 10.6 Å². The highest BCUT2D eigenvalue weighted by Gasteiger charge is 2.51. The average molecular weight is 588 g/mol. The molecule has 40 heavy (non-hydrogen) atoms. The summed E-state index contributed by atoms with van der Waals surface area (Å²) in [5.74, 6) is -2.06. The van der Waals surface area contributed by atoms with Gasteiger partial charge in [0.2, 0.25) is 0 Å². The van der Waals surface area contributed by atoms with E-state index in [1.54, 1.807) is 0 Å². The summed E-state index contributed by atoms with van der Waals surface area (Å²) < 4.78 is 74.9. The van der Waals surface area contributed by atoms with Gasteiger partial charge in [-0.3, -0.25) is 4.90 Å². The Kier molecular flexibility index (Phi) is 10.5. The van der Waals surface area contributed by atoms with Crippen LogP contribution in [0, 0.1) is 30.1 Å². The van der Waals surface area contributed by atoms with Crippen molar-refractivity contribution in [1.82, 2.24) is 15.0 Å². The minimum Gasteiger partial charge on any atom is -0.475 e. The topological polar surface area (TPSA) is 116 Å². The van der Waals surface area contributed by atoms with E-state index >= 15 is 0 Å². The first kappa shape index (κ1) is 32.1. The molecular formula is C25H35F6N3O6. The number of carboxylic acid groups (broad SMARTS) is 2. The summed E-state index contributed by atoms with van der Waals surface area (Å²) in [5, 5.41) is 18.5. The molecule has 0 unspecified atom stereocenters. The van der Waals surface area contributed by atoms with Crippen molar-refractivity contribution >= 4 is 11.9 Å². The Balaban J connectivity index is 0.000000263. The van der Waals surface area contributed by atoms with Crippen LogP contribution >= 0.6 is 0 Å². The molecule has 9 nitrogen and oxygen atoms in total. The highest BCUT2D eigenvalue weighted by Crippen LogP contribution is 2.46. The van der Waals surface area contributed by atoms with E-state index in [-0.39, 0.29) is 0 Å². The van der Waals surface area contributed by atoms with Gasteiger partial charge in [0.05, 0.1) is 12.3 Å². The van der Waals surface area contributed by atoms with Crippen LogP contribution in [-0.2, 0) is 20.9 Å². The van der Waals surface area contributed by atoms with E-state index < -0.39 is 24.3 Å². The van der Waals surface area contributed by atoms with E-state index in [9.17, 15) is 26.3 Å². The largest absolute Gasteiger partial charge is 0.490 e. The van der Waals surface area contributed by atoms with Gasteiger partial charge in [-0.05, 0) is 57.4 Å². The quantitative estimate of drug-likeness (QED) is 0.432. The van der Waals surface area contributed by atoms with Gasteiger partial charge in [-0.2, -0.15) is 26.3 Å². The molecule has 0 amide bonds. The summed E-state index contributed by atoms with van der Waals surface area (Å²) in [4.78, 5) is 23.1. The number of aryl methyl sites for hydroxylation is 1. The lowest BCUT2D eigenvalue weighted by molar-refractivity contribution is -0.193. The first-order valence-electron chi connectivity index (χ1n) is 13.1. The van der Waals surface area contributed by atoms with E-state index in [0.717, 1.165) is 43.0 Å². The van der Waals surface area contributed by atoms with E-state index in [2.05, 4.69) is 21.0 Å². The van der Waals surface area contributed by atoms with Gasteiger partial charge >= 0.3 is 24.3 Å². The van der Waals surface area contributed by atoms with Crippen molar-refractivity contribution in [2.24, 2.45) is 23.2 Å². The second-order valence-corrected chi connectivity index (χ2v) is 11.2. The molecule has 1 aromatic rings. The first-order valence-corrected chi connectivity index (χ1v) is 13.1. The van der Waals surface area contributed by atoms with Gasteiger partial charge < -0.3 is 24.4 Å². The number of nitrogens with zero attached hydrogens (tertiary/aromatic N) is 3. The lowest BCUT2D eigenvalue weighted by Gasteiger charge is -2.30. The van der Waals surface area contributed by atoms with Gasteiger partial charge in [0.1, 0.15) is 5.76 Å². The SMILES string of the molecule is Cc1cc(CN2CC[C@]3(C2)CN(CC2CC2)C[C@H]3COCC2CC2)no1.O=C(O)C(F)(F)F.O=C(O)C(F)(F)F. The molecule has 3 heterocycles. The molecule has 1 aromatic heterocycles.